The van der Waals surface area contributed by atoms with Crippen LogP contribution in [0.2, 0.25) is 0 Å². The third-order valence-corrected chi connectivity index (χ3v) is 4.73. The molecule has 1 amide bonds. The van der Waals surface area contributed by atoms with Crippen LogP contribution in [0.15, 0.2) is 12.4 Å². The maximum Gasteiger partial charge on any atom is 0.401 e. The van der Waals surface area contributed by atoms with Gasteiger partial charge in [0.25, 0.3) is 5.91 Å². The van der Waals surface area contributed by atoms with Crippen molar-refractivity contribution in [3.63, 3.8) is 0 Å². The average Bonchev–Trinajstić information content (AvgIpc) is 2.61. The van der Waals surface area contributed by atoms with Crippen molar-refractivity contribution >= 4 is 11.7 Å². The Bertz CT molecular complexity index is 625. The molecule has 0 aromatic carbocycles. The van der Waals surface area contributed by atoms with Crippen LogP contribution in [-0.4, -0.2) is 103 Å². The lowest BCUT2D eigenvalue weighted by Crippen LogP contribution is -2.49. The van der Waals surface area contributed by atoms with E-state index in [9.17, 15) is 18.0 Å². The van der Waals surface area contributed by atoms with E-state index in [1.807, 2.05) is 11.9 Å². The molecular formula is C16H23F3N6O. The fourth-order valence-corrected chi connectivity index (χ4v) is 3.17. The number of halogens is 3. The first-order valence-corrected chi connectivity index (χ1v) is 8.66. The van der Waals surface area contributed by atoms with Crippen molar-refractivity contribution in [1.29, 1.82) is 0 Å². The van der Waals surface area contributed by atoms with E-state index in [1.54, 1.807) is 11.1 Å². The van der Waals surface area contributed by atoms with Gasteiger partial charge in [-0.05, 0) is 7.05 Å². The molecule has 0 atom stereocenters. The Morgan fingerprint density at radius 1 is 1.04 bits per heavy atom. The molecule has 2 aliphatic rings. The summed E-state index contributed by atoms with van der Waals surface area (Å²) in [5.74, 6) is 0.389. The van der Waals surface area contributed by atoms with Gasteiger partial charge >= 0.3 is 6.18 Å². The van der Waals surface area contributed by atoms with Gasteiger partial charge < -0.3 is 14.7 Å². The molecule has 0 radical (unpaired) electrons. The second-order valence-electron chi connectivity index (χ2n) is 6.74. The van der Waals surface area contributed by atoms with Gasteiger partial charge in [0.1, 0.15) is 11.5 Å². The number of hydrogen-bond donors (Lipinski definition) is 0. The first-order chi connectivity index (χ1) is 12.3. The number of alkyl halides is 3. The molecule has 3 heterocycles. The smallest absolute Gasteiger partial charge is 0.353 e. The lowest BCUT2D eigenvalue weighted by molar-refractivity contribution is -0.146. The third-order valence-electron chi connectivity index (χ3n) is 4.73. The van der Waals surface area contributed by atoms with Gasteiger partial charge in [-0.3, -0.25) is 14.7 Å². The van der Waals surface area contributed by atoms with Crippen LogP contribution < -0.4 is 4.90 Å². The lowest BCUT2D eigenvalue weighted by atomic mass is 10.3. The molecule has 0 spiro atoms. The Hall–Kier alpha value is -1.94. The highest BCUT2D eigenvalue weighted by molar-refractivity contribution is 5.92. The van der Waals surface area contributed by atoms with Crippen molar-refractivity contribution in [1.82, 2.24) is 24.7 Å². The van der Waals surface area contributed by atoms with Crippen LogP contribution in [0.3, 0.4) is 0 Å². The van der Waals surface area contributed by atoms with Gasteiger partial charge in [-0.25, -0.2) is 4.98 Å². The van der Waals surface area contributed by atoms with Crippen LogP contribution in [0, 0.1) is 0 Å². The molecule has 0 saturated carbocycles. The van der Waals surface area contributed by atoms with Crippen molar-refractivity contribution in [3.8, 4) is 0 Å². The number of nitrogens with zero attached hydrogens (tertiary/aromatic N) is 6. The zero-order valence-corrected chi connectivity index (χ0v) is 14.7. The SMILES string of the molecule is CN1CCN(C(=O)c2cncc(N3CCN(CC(F)(F)F)CC3)n2)CC1. The Kier molecular flexibility index (Phi) is 5.61. The summed E-state index contributed by atoms with van der Waals surface area (Å²) in [6, 6.07) is 0. The van der Waals surface area contributed by atoms with Gasteiger partial charge in [-0.15, -0.1) is 0 Å². The minimum Gasteiger partial charge on any atom is -0.353 e. The predicted molar refractivity (Wildman–Crippen MR) is 90.1 cm³/mol. The molecule has 26 heavy (non-hydrogen) atoms. The highest BCUT2D eigenvalue weighted by Gasteiger charge is 2.32. The fourth-order valence-electron chi connectivity index (χ4n) is 3.17. The largest absolute Gasteiger partial charge is 0.401 e. The monoisotopic (exact) mass is 372 g/mol. The van der Waals surface area contributed by atoms with E-state index >= 15 is 0 Å². The van der Waals surface area contributed by atoms with Gasteiger partial charge in [0.2, 0.25) is 0 Å². The van der Waals surface area contributed by atoms with E-state index in [-0.39, 0.29) is 11.6 Å². The van der Waals surface area contributed by atoms with Crippen LogP contribution in [0.25, 0.3) is 0 Å². The summed E-state index contributed by atoms with van der Waals surface area (Å²) in [5.41, 5.74) is 0.282. The van der Waals surface area contributed by atoms with Crippen molar-refractivity contribution in [3.05, 3.63) is 18.1 Å². The van der Waals surface area contributed by atoms with Crippen LogP contribution in [0.4, 0.5) is 19.0 Å². The van der Waals surface area contributed by atoms with E-state index in [0.717, 1.165) is 13.1 Å². The number of rotatable bonds is 3. The standard InChI is InChI=1S/C16H23F3N6O/c1-22-2-6-25(7-3-22)15(26)13-10-20-11-14(21-13)24-8-4-23(5-9-24)12-16(17,18)19/h10-11H,2-9,12H2,1H3. The quantitative estimate of drug-likeness (QED) is 0.773. The summed E-state index contributed by atoms with van der Waals surface area (Å²) in [4.78, 5) is 28.3. The van der Waals surface area contributed by atoms with E-state index in [2.05, 4.69) is 14.9 Å². The average molecular weight is 372 g/mol. The van der Waals surface area contributed by atoms with E-state index < -0.39 is 12.7 Å². The Labute approximate surface area is 150 Å². The number of carbonyl (C=O) groups excluding carboxylic acids is 1. The maximum absolute atomic E-state index is 12.6. The zero-order valence-electron chi connectivity index (χ0n) is 14.7. The van der Waals surface area contributed by atoms with Gasteiger partial charge in [-0.1, -0.05) is 0 Å². The first-order valence-electron chi connectivity index (χ1n) is 8.66. The molecule has 0 aliphatic carbocycles. The molecule has 2 aliphatic heterocycles. The highest BCUT2D eigenvalue weighted by atomic mass is 19.4. The molecule has 7 nitrogen and oxygen atoms in total. The van der Waals surface area contributed by atoms with Crippen LogP contribution in [-0.2, 0) is 0 Å². The molecule has 1 aromatic rings. The summed E-state index contributed by atoms with van der Waals surface area (Å²) in [6.07, 6.45) is -1.18. The topological polar surface area (TPSA) is 55.8 Å². The zero-order chi connectivity index (χ0) is 18.7. The minimum absolute atomic E-state index is 0.150. The Morgan fingerprint density at radius 3 is 2.31 bits per heavy atom. The van der Waals surface area contributed by atoms with Gasteiger partial charge in [0.05, 0.1) is 18.9 Å². The summed E-state index contributed by atoms with van der Waals surface area (Å²) >= 11 is 0. The first kappa shape index (κ1) is 18.8. The number of piperazine rings is 2. The number of aromatic nitrogens is 2. The van der Waals surface area contributed by atoms with Gasteiger partial charge in [0, 0.05) is 52.4 Å². The van der Waals surface area contributed by atoms with Crippen molar-refractivity contribution in [2.75, 3.05) is 70.9 Å². The van der Waals surface area contributed by atoms with E-state index in [4.69, 9.17) is 0 Å². The molecule has 0 bridgehead atoms. The second-order valence-corrected chi connectivity index (χ2v) is 6.74. The van der Waals surface area contributed by atoms with Crippen molar-refractivity contribution in [2.24, 2.45) is 0 Å². The summed E-state index contributed by atoms with van der Waals surface area (Å²) < 4.78 is 37.4. The molecule has 3 rings (SSSR count). The number of hydrogen-bond acceptors (Lipinski definition) is 6. The van der Waals surface area contributed by atoms with E-state index in [1.165, 1.54) is 11.1 Å². The van der Waals surface area contributed by atoms with Gasteiger partial charge in [-0.2, -0.15) is 13.2 Å². The minimum atomic E-state index is -4.18. The predicted octanol–water partition coefficient (Wildman–Crippen LogP) is 0.548. The van der Waals surface area contributed by atoms with Crippen molar-refractivity contribution in [2.45, 2.75) is 6.18 Å². The summed E-state index contributed by atoms with van der Waals surface area (Å²) in [5, 5.41) is 0. The summed E-state index contributed by atoms with van der Waals surface area (Å²) in [6.45, 7) is 3.51. The normalized spacial score (nSPS) is 20.5. The number of likely N-dealkylation sites (N-methyl/N-ethyl adjacent to an activating group) is 1. The molecule has 2 saturated heterocycles. The Morgan fingerprint density at radius 2 is 1.69 bits per heavy atom. The lowest BCUT2D eigenvalue weighted by Gasteiger charge is -2.35. The fraction of sp³-hybridized carbons (Fsp3) is 0.688. The molecule has 10 heteroatoms. The second kappa shape index (κ2) is 7.75. The van der Waals surface area contributed by atoms with Crippen LogP contribution in [0.5, 0.6) is 0 Å². The molecular weight excluding hydrogens is 349 g/mol. The molecule has 144 valence electrons. The van der Waals surface area contributed by atoms with Crippen LogP contribution >= 0.6 is 0 Å². The number of anilines is 1. The van der Waals surface area contributed by atoms with E-state index in [0.29, 0.717) is 45.1 Å². The maximum atomic E-state index is 12.6. The van der Waals surface area contributed by atoms with Gasteiger partial charge in [0.15, 0.2) is 0 Å². The molecule has 0 unspecified atom stereocenters. The summed E-state index contributed by atoms with van der Waals surface area (Å²) in [7, 11) is 2.01. The molecule has 1 aromatic heterocycles. The van der Waals surface area contributed by atoms with Crippen LogP contribution in [0.1, 0.15) is 10.5 Å². The molecule has 0 N–H and O–H groups in total. The number of amides is 1. The third kappa shape index (κ3) is 4.82. The van der Waals surface area contributed by atoms with Crippen molar-refractivity contribution < 1.29 is 18.0 Å². The molecule has 2 fully saturated rings. The number of carbonyl (C=O) groups is 1. The Balaban J connectivity index is 1.60. The highest BCUT2D eigenvalue weighted by Crippen LogP contribution is 2.19.